The third kappa shape index (κ3) is 5.26. The van der Waals surface area contributed by atoms with E-state index in [9.17, 15) is 14.7 Å². The summed E-state index contributed by atoms with van der Waals surface area (Å²) in [5.74, 6) is -3.27. The van der Waals surface area contributed by atoms with Gasteiger partial charge in [0.15, 0.2) is 0 Å². The van der Waals surface area contributed by atoms with Crippen molar-refractivity contribution in [2.75, 3.05) is 0 Å². The van der Waals surface area contributed by atoms with Crippen LogP contribution in [-0.2, 0) is 9.59 Å². The zero-order valence-corrected chi connectivity index (χ0v) is 12.3. The fourth-order valence-electron chi connectivity index (χ4n) is 2.07. The molecule has 1 heterocycles. The van der Waals surface area contributed by atoms with Gasteiger partial charge in [-0.25, -0.2) is 0 Å². The lowest BCUT2D eigenvalue weighted by molar-refractivity contribution is -0.143. The summed E-state index contributed by atoms with van der Waals surface area (Å²) in [6, 6.07) is 3.43. The normalized spacial score (nSPS) is 13.4. The van der Waals surface area contributed by atoms with Crippen LogP contribution in [0.1, 0.15) is 30.7 Å². The van der Waals surface area contributed by atoms with Gasteiger partial charge < -0.3 is 10.2 Å². The summed E-state index contributed by atoms with van der Waals surface area (Å²) < 4.78 is 0.397. The Hall–Kier alpha value is -1.47. The van der Waals surface area contributed by atoms with Gasteiger partial charge in [-0.2, -0.15) is 0 Å². The number of aliphatic carboxylic acids is 2. The molecule has 0 aromatic carbocycles. The topological polar surface area (TPSA) is 87.5 Å². The minimum Gasteiger partial charge on any atom is -0.481 e. The van der Waals surface area contributed by atoms with Crippen molar-refractivity contribution >= 4 is 41.0 Å². The van der Waals surface area contributed by atoms with Crippen LogP contribution >= 0.6 is 24.8 Å². The Kier molecular flexibility index (Phi) is 6.60. The summed E-state index contributed by atoms with van der Waals surface area (Å²) in [7, 11) is 0. The number of nitrogens with zero attached hydrogens (tertiary/aromatic N) is 1. The van der Waals surface area contributed by atoms with Crippen LogP contribution in [0.4, 0.5) is 0 Å². The first-order valence-corrected chi connectivity index (χ1v) is 6.83. The fraction of sp³-hybridized carbons (Fsp3) is 0.385. The lowest BCUT2D eigenvalue weighted by Gasteiger charge is -2.23. The number of pyridine rings is 1. The summed E-state index contributed by atoms with van der Waals surface area (Å²) in [6.45, 7) is 0. The third-order valence-corrected chi connectivity index (χ3v) is 3.35. The van der Waals surface area contributed by atoms with Crippen LogP contribution in [0.15, 0.2) is 24.5 Å². The molecule has 5 nitrogen and oxygen atoms in total. The highest BCUT2D eigenvalue weighted by Crippen LogP contribution is 2.32. The van der Waals surface area contributed by atoms with E-state index < -0.39 is 23.8 Å². The number of carbonyl (C=O) groups is 2. The van der Waals surface area contributed by atoms with Gasteiger partial charge in [0.05, 0.1) is 5.92 Å². The van der Waals surface area contributed by atoms with Crippen molar-refractivity contribution in [2.45, 2.75) is 25.2 Å². The highest BCUT2D eigenvalue weighted by molar-refractivity contribution is 8.11. The number of rotatable bonds is 8. The molecule has 0 bridgehead atoms. The van der Waals surface area contributed by atoms with Gasteiger partial charge in [0.1, 0.15) is 0 Å². The minimum absolute atomic E-state index is 0.0497. The Morgan fingerprint density at radius 1 is 1.30 bits per heavy atom. The standard InChI is InChI=1S/C13H15NO4S2/c15-11(16)2-1-9(13(17)18)10(7-12(19)20)8-3-5-14-6-4-8/h3-6,9-10H,1-2,7H2,(H,15,16)(H,17,18)(H,19,20). The van der Waals surface area contributed by atoms with Crippen LogP contribution < -0.4 is 0 Å². The first-order valence-electron chi connectivity index (χ1n) is 5.98. The molecule has 0 amide bonds. The molecule has 0 radical (unpaired) electrons. The molecular formula is C13H15NO4S2. The van der Waals surface area contributed by atoms with E-state index in [1.807, 2.05) is 0 Å². The Bertz CT molecular complexity index is 492. The summed E-state index contributed by atoms with van der Waals surface area (Å²) in [5, 5.41) is 18.1. The maximum absolute atomic E-state index is 11.4. The van der Waals surface area contributed by atoms with E-state index >= 15 is 0 Å². The van der Waals surface area contributed by atoms with E-state index in [1.54, 1.807) is 24.5 Å². The molecule has 0 aliphatic heterocycles. The molecule has 0 saturated carbocycles. The molecule has 2 N–H and O–H groups in total. The predicted octanol–water partition coefficient (Wildman–Crippen LogP) is 2.38. The van der Waals surface area contributed by atoms with E-state index in [0.717, 1.165) is 5.56 Å². The van der Waals surface area contributed by atoms with Gasteiger partial charge in [0.25, 0.3) is 0 Å². The number of carboxylic acids is 2. The number of thiocarbonyl (C=S) groups is 1. The third-order valence-electron chi connectivity index (χ3n) is 3.00. The highest BCUT2D eigenvalue weighted by Gasteiger charge is 2.30. The number of hydrogen-bond donors (Lipinski definition) is 3. The van der Waals surface area contributed by atoms with Crippen LogP contribution in [0, 0.1) is 5.92 Å². The fourth-order valence-corrected chi connectivity index (χ4v) is 2.44. The molecule has 1 aromatic rings. The van der Waals surface area contributed by atoms with Crippen molar-refractivity contribution in [1.29, 1.82) is 0 Å². The van der Waals surface area contributed by atoms with Crippen LogP contribution in [0.3, 0.4) is 0 Å². The van der Waals surface area contributed by atoms with Crippen molar-refractivity contribution in [3.8, 4) is 0 Å². The molecule has 108 valence electrons. The van der Waals surface area contributed by atoms with Crippen molar-refractivity contribution in [3.05, 3.63) is 30.1 Å². The molecule has 0 aliphatic carbocycles. The largest absolute Gasteiger partial charge is 0.481 e. The quantitative estimate of drug-likeness (QED) is 0.504. The number of carboxylic acid groups (broad SMARTS) is 2. The molecule has 1 aromatic heterocycles. The van der Waals surface area contributed by atoms with Gasteiger partial charge in [0.2, 0.25) is 0 Å². The molecule has 0 fully saturated rings. The monoisotopic (exact) mass is 313 g/mol. The summed E-state index contributed by atoms with van der Waals surface area (Å²) >= 11 is 9.02. The smallest absolute Gasteiger partial charge is 0.307 e. The van der Waals surface area contributed by atoms with Crippen LogP contribution in [0.5, 0.6) is 0 Å². The van der Waals surface area contributed by atoms with E-state index in [-0.39, 0.29) is 12.8 Å². The van der Waals surface area contributed by atoms with Crippen molar-refractivity contribution in [1.82, 2.24) is 4.98 Å². The second-order valence-corrected chi connectivity index (χ2v) is 5.70. The van der Waals surface area contributed by atoms with Gasteiger partial charge in [0, 0.05) is 28.9 Å². The van der Waals surface area contributed by atoms with Crippen LogP contribution in [0.25, 0.3) is 0 Å². The van der Waals surface area contributed by atoms with Crippen LogP contribution in [0.2, 0.25) is 0 Å². The molecular weight excluding hydrogens is 298 g/mol. The SMILES string of the molecule is O=C(O)CCC(C(=O)O)C(CC(=S)S)c1ccncc1. The summed E-state index contributed by atoms with van der Waals surface area (Å²) in [6.07, 6.45) is 3.30. The molecule has 2 atom stereocenters. The zero-order valence-electron chi connectivity index (χ0n) is 10.6. The lowest BCUT2D eigenvalue weighted by Crippen LogP contribution is -2.24. The van der Waals surface area contributed by atoms with Gasteiger partial charge >= 0.3 is 11.9 Å². The number of aromatic nitrogens is 1. The maximum Gasteiger partial charge on any atom is 0.307 e. The molecule has 1 rings (SSSR count). The molecule has 7 heteroatoms. The van der Waals surface area contributed by atoms with Crippen LogP contribution in [-0.4, -0.2) is 31.3 Å². The Morgan fingerprint density at radius 2 is 1.90 bits per heavy atom. The average Bonchev–Trinajstić information content (AvgIpc) is 2.37. The van der Waals surface area contributed by atoms with Gasteiger partial charge in [-0.05, 0) is 30.5 Å². The summed E-state index contributed by atoms with van der Waals surface area (Å²) in [5.41, 5.74) is 0.772. The molecule has 2 unspecified atom stereocenters. The average molecular weight is 313 g/mol. The zero-order chi connectivity index (χ0) is 15.1. The van der Waals surface area contributed by atoms with E-state index in [4.69, 9.17) is 17.3 Å². The first-order chi connectivity index (χ1) is 9.41. The molecule has 0 aliphatic rings. The van der Waals surface area contributed by atoms with E-state index in [2.05, 4.69) is 17.6 Å². The number of hydrogen-bond acceptors (Lipinski definition) is 4. The van der Waals surface area contributed by atoms with Gasteiger partial charge in [-0.15, -0.1) is 12.6 Å². The van der Waals surface area contributed by atoms with E-state index in [1.165, 1.54) is 0 Å². The Morgan fingerprint density at radius 3 is 2.35 bits per heavy atom. The highest BCUT2D eigenvalue weighted by atomic mass is 32.1. The second-order valence-electron chi connectivity index (χ2n) is 4.36. The van der Waals surface area contributed by atoms with E-state index in [0.29, 0.717) is 10.6 Å². The molecule has 0 spiro atoms. The minimum atomic E-state index is -1.03. The molecule has 0 saturated heterocycles. The Labute approximate surface area is 127 Å². The van der Waals surface area contributed by atoms with Crippen molar-refractivity contribution < 1.29 is 19.8 Å². The number of thiol groups is 1. The maximum atomic E-state index is 11.4. The first kappa shape index (κ1) is 16.6. The lowest BCUT2D eigenvalue weighted by atomic mass is 9.81. The Balaban J connectivity index is 3.01. The van der Waals surface area contributed by atoms with Crippen molar-refractivity contribution in [2.24, 2.45) is 5.92 Å². The molecule has 20 heavy (non-hydrogen) atoms. The second kappa shape index (κ2) is 7.96. The van der Waals surface area contributed by atoms with Crippen molar-refractivity contribution in [3.63, 3.8) is 0 Å². The predicted molar refractivity (Wildman–Crippen MR) is 81.2 cm³/mol. The van der Waals surface area contributed by atoms with Gasteiger partial charge in [-0.3, -0.25) is 14.6 Å². The summed E-state index contributed by atoms with van der Waals surface area (Å²) in [4.78, 5) is 26.0. The van der Waals surface area contributed by atoms with Gasteiger partial charge in [-0.1, -0.05) is 12.2 Å².